The quantitative estimate of drug-likeness (QED) is 0.582. The fraction of sp³-hybridized carbons (Fsp3) is 0.0714. The molecule has 0 fully saturated rings. The second-order valence-electron chi connectivity index (χ2n) is 4.47. The fourth-order valence-corrected chi connectivity index (χ4v) is 2.12. The maximum absolute atomic E-state index is 13.6. The van der Waals surface area contributed by atoms with Gasteiger partial charge >= 0.3 is 0 Å². The number of pyridine rings is 1. The van der Waals surface area contributed by atoms with Crippen molar-refractivity contribution in [1.29, 1.82) is 0 Å². The Kier molecular flexibility index (Phi) is 3.53. The summed E-state index contributed by atoms with van der Waals surface area (Å²) in [5.41, 5.74) is -0.243. The molecule has 3 rings (SSSR count). The molecule has 112 valence electrons. The Bertz CT molecular complexity index is 923. The van der Waals surface area contributed by atoms with Gasteiger partial charge in [-0.3, -0.25) is 9.36 Å². The standard InChI is InChI=1S/C14H9F2N3O2S/c1-19-12-7(6-17-14(22)18-12)5-10(13(19)20)21-11-8(15)3-2-4-9(11)16/h2-6H,1H3,(H,17,18,22). The van der Waals surface area contributed by atoms with E-state index in [1.54, 1.807) is 0 Å². The Morgan fingerprint density at radius 1 is 1.27 bits per heavy atom. The van der Waals surface area contributed by atoms with Crippen molar-refractivity contribution < 1.29 is 13.5 Å². The number of hydrogen-bond acceptors (Lipinski definition) is 5. The topological polar surface area (TPSA) is 57.0 Å². The van der Waals surface area contributed by atoms with Gasteiger partial charge in [0.15, 0.2) is 28.3 Å². The Hall–Kier alpha value is -2.48. The van der Waals surface area contributed by atoms with E-state index in [4.69, 9.17) is 4.74 Å². The highest BCUT2D eigenvalue weighted by atomic mass is 32.1. The molecule has 0 atom stereocenters. The molecule has 3 aromatic rings. The van der Waals surface area contributed by atoms with E-state index in [-0.39, 0.29) is 10.9 Å². The molecule has 0 aliphatic rings. The van der Waals surface area contributed by atoms with Crippen LogP contribution < -0.4 is 10.3 Å². The number of ether oxygens (including phenoxy) is 1. The van der Waals surface area contributed by atoms with Crippen molar-refractivity contribution in [2.24, 2.45) is 7.05 Å². The monoisotopic (exact) mass is 321 g/mol. The molecule has 0 amide bonds. The summed E-state index contributed by atoms with van der Waals surface area (Å²) < 4.78 is 33.6. The van der Waals surface area contributed by atoms with Gasteiger partial charge in [-0.1, -0.05) is 6.07 Å². The average molecular weight is 321 g/mol. The molecule has 8 heteroatoms. The van der Waals surface area contributed by atoms with Gasteiger partial charge in [-0.05, 0) is 18.2 Å². The van der Waals surface area contributed by atoms with Crippen LogP contribution in [0.2, 0.25) is 0 Å². The van der Waals surface area contributed by atoms with Gasteiger partial charge in [0, 0.05) is 18.6 Å². The summed E-state index contributed by atoms with van der Waals surface area (Å²) in [4.78, 5) is 20.2. The first kappa shape index (κ1) is 14.5. The zero-order valence-corrected chi connectivity index (χ0v) is 12.1. The van der Waals surface area contributed by atoms with E-state index in [1.165, 1.54) is 29.9 Å². The molecule has 0 spiro atoms. The number of halogens is 2. The van der Waals surface area contributed by atoms with Crippen LogP contribution in [0.5, 0.6) is 11.5 Å². The molecular weight excluding hydrogens is 312 g/mol. The number of aryl methyl sites for hydroxylation is 1. The number of rotatable bonds is 2. The molecule has 0 aliphatic carbocycles. The van der Waals surface area contributed by atoms with Crippen LogP contribution in [0, 0.1) is 11.6 Å². The highest BCUT2D eigenvalue weighted by Crippen LogP contribution is 2.26. The van der Waals surface area contributed by atoms with Crippen LogP contribution in [0.4, 0.5) is 8.78 Å². The maximum atomic E-state index is 13.6. The van der Waals surface area contributed by atoms with Gasteiger partial charge in [0.25, 0.3) is 5.56 Å². The molecule has 1 aromatic carbocycles. The van der Waals surface area contributed by atoms with E-state index in [1.807, 2.05) is 0 Å². The minimum absolute atomic E-state index is 0.205. The largest absolute Gasteiger partial charge is 0.445 e. The number of thiol groups is 1. The van der Waals surface area contributed by atoms with Crippen LogP contribution in [-0.2, 0) is 7.05 Å². The summed E-state index contributed by atoms with van der Waals surface area (Å²) in [6.45, 7) is 0. The van der Waals surface area contributed by atoms with Gasteiger partial charge in [-0.2, -0.15) is 0 Å². The minimum Gasteiger partial charge on any atom is -0.445 e. The smallest absolute Gasteiger partial charge is 0.294 e. The van der Waals surface area contributed by atoms with Gasteiger partial charge in [0.1, 0.15) is 5.65 Å². The molecule has 0 bridgehead atoms. The Morgan fingerprint density at radius 3 is 2.64 bits per heavy atom. The van der Waals surface area contributed by atoms with Crippen molar-refractivity contribution >= 4 is 23.7 Å². The lowest BCUT2D eigenvalue weighted by Gasteiger charge is -2.10. The summed E-state index contributed by atoms with van der Waals surface area (Å²) >= 11 is 4.01. The molecule has 0 N–H and O–H groups in total. The number of benzene rings is 1. The molecule has 22 heavy (non-hydrogen) atoms. The Labute approximate surface area is 128 Å². The SMILES string of the molecule is Cn1c(=O)c(Oc2c(F)cccc2F)cc2cnc(S)nc21. The zero-order valence-electron chi connectivity index (χ0n) is 11.2. The van der Waals surface area contributed by atoms with E-state index in [9.17, 15) is 13.6 Å². The predicted molar refractivity (Wildman–Crippen MR) is 78.5 cm³/mol. The summed E-state index contributed by atoms with van der Waals surface area (Å²) in [7, 11) is 1.47. The third-order valence-electron chi connectivity index (χ3n) is 3.03. The first-order valence-electron chi connectivity index (χ1n) is 6.15. The van der Waals surface area contributed by atoms with Crippen LogP contribution in [-0.4, -0.2) is 14.5 Å². The normalized spacial score (nSPS) is 10.9. The third-order valence-corrected chi connectivity index (χ3v) is 3.25. The Balaban J connectivity index is 2.18. The number of aromatic nitrogens is 3. The van der Waals surface area contributed by atoms with Crippen molar-refractivity contribution in [3.8, 4) is 11.5 Å². The fourth-order valence-electron chi connectivity index (χ4n) is 1.97. The second-order valence-corrected chi connectivity index (χ2v) is 4.87. The molecule has 2 aromatic heterocycles. The molecule has 0 aliphatic heterocycles. The predicted octanol–water partition coefficient (Wildman–Crippen LogP) is 2.69. The van der Waals surface area contributed by atoms with Crippen molar-refractivity contribution in [2.75, 3.05) is 0 Å². The van der Waals surface area contributed by atoms with E-state index >= 15 is 0 Å². The van der Waals surface area contributed by atoms with Gasteiger partial charge in [0.05, 0.1) is 0 Å². The van der Waals surface area contributed by atoms with Crippen molar-refractivity contribution in [3.05, 3.63) is 52.5 Å². The van der Waals surface area contributed by atoms with Crippen molar-refractivity contribution in [2.45, 2.75) is 5.16 Å². The van der Waals surface area contributed by atoms with Crippen LogP contribution >= 0.6 is 12.6 Å². The molecule has 0 unspecified atom stereocenters. The second kappa shape index (κ2) is 5.38. The summed E-state index contributed by atoms with van der Waals surface area (Å²) in [5, 5.41) is 0.683. The average Bonchev–Trinajstić information content (AvgIpc) is 2.49. The van der Waals surface area contributed by atoms with Crippen molar-refractivity contribution in [3.63, 3.8) is 0 Å². The molecule has 2 heterocycles. The molecule has 0 saturated heterocycles. The lowest BCUT2D eigenvalue weighted by atomic mass is 10.3. The number of para-hydroxylation sites is 1. The van der Waals surface area contributed by atoms with Crippen LogP contribution in [0.25, 0.3) is 11.0 Å². The van der Waals surface area contributed by atoms with Crippen LogP contribution in [0.15, 0.2) is 40.4 Å². The number of fused-ring (bicyclic) bond motifs is 1. The van der Waals surface area contributed by atoms with Gasteiger partial charge < -0.3 is 4.74 Å². The first-order chi connectivity index (χ1) is 10.5. The van der Waals surface area contributed by atoms with Crippen LogP contribution in [0.1, 0.15) is 0 Å². The number of nitrogens with zero attached hydrogens (tertiary/aromatic N) is 3. The molecule has 0 saturated carbocycles. The lowest BCUT2D eigenvalue weighted by Crippen LogP contribution is -2.19. The van der Waals surface area contributed by atoms with Gasteiger partial charge in [-0.25, -0.2) is 18.7 Å². The summed E-state index contributed by atoms with van der Waals surface area (Å²) in [5.74, 6) is -2.66. The Morgan fingerprint density at radius 2 is 1.95 bits per heavy atom. The molecule has 0 radical (unpaired) electrons. The van der Waals surface area contributed by atoms with E-state index in [2.05, 4.69) is 22.6 Å². The molecular formula is C14H9F2N3O2S. The zero-order chi connectivity index (χ0) is 15.9. The highest BCUT2D eigenvalue weighted by molar-refractivity contribution is 7.80. The van der Waals surface area contributed by atoms with Crippen LogP contribution in [0.3, 0.4) is 0 Å². The van der Waals surface area contributed by atoms with E-state index in [0.29, 0.717) is 11.0 Å². The summed E-state index contributed by atoms with van der Waals surface area (Å²) in [6.07, 6.45) is 1.44. The first-order valence-corrected chi connectivity index (χ1v) is 6.59. The summed E-state index contributed by atoms with van der Waals surface area (Å²) in [6, 6.07) is 4.62. The minimum atomic E-state index is -0.899. The van der Waals surface area contributed by atoms with Gasteiger partial charge in [0.2, 0.25) is 0 Å². The van der Waals surface area contributed by atoms with Gasteiger partial charge in [-0.15, -0.1) is 12.6 Å². The lowest BCUT2D eigenvalue weighted by molar-refractivity contribution is 0.401. The number of hydrogen-bond donors (Lipinski definition) is 1. The highest BCUT2D eigenvalue weighted by Gasteiger charge is 2.15. The van der Waals surface area contributed by atoms with E-state index in [0.717, 1.165) is 12.1 Å². The molecule has 5 nitrogen and oxygen atoms in total. The van der Waals surface area contributed by atoms with Crippen molar-refractivity contribution in [1.82, 2.24) is 14.5 Å². The van der Waals surface area contributed by atoms with E-state index < -0.39 is 22.9 Å². The maximum Gasteiger partial charge on any atom is 0.294 e. The third kappa shape index (κ3) is 2.41.